The van der Waals surface area contributed by atoms with E-state index in [4.69, 9.17) is 10.2 Å². The maximum absolute atomic E-state index is 9.01. The van der Waals surface area contributed by atoms with E-state index in [0.29, 0.717) is 12.5 Å². The van der Waals surface area contributed by atoms with Crippen molar-refractivity contribution in [3.63, 3.8) is 0 Å². The summed E-state index contributed by atoms with van der Waals surface area (Å²) in [7, 11) is 1.98. The number of aliphatic hydroxyl groups excluding tert-OH is 1. The molecule has 0 amide bonds. The molecule has 3 heteroatoms. The van der Waals surface area contributed by atoms with Gasteiger partial charge in [0, 0.05) is 13.1 Å². The molecule has 116 valence electrons. The minimum Gasteiger partial charge on any atom is -0.367 e. The Morgan fingerprint density at radius 3 is 1.84 bits per heavy atom. The summed E-state index contributed by atoms with van der Waals surface area (Å²) in [5, 5.41) is 18.0. The van der Waals surface area contributed by atoms with Crippen molar-refractivity contribution < 1.29 is 10.2 Å². The van der Waals surface area contributed by atoms with Crippen LogP contribution in [0.5, 0.6) is 0 Å². The minimum absolute atomic E-state index is 0.360. The number of hydrogen-bond donors (Lipinski definition) is 2. The summed E-state index contributed by atoms with van der Waals surface area (Å²) in [4.78, 5) is 2.06. The van der Waals surface area contributed by atoms with E-state index in [-0.39, 0.29) is 0 Å². The Bertz CT molecular complexity index is 186. The molecule has 0 radical (unpaired) electrons. The van der Waals surface area contributed by atoms with Gasteiger partial charge in [0.25, 0.3) is 0 Å². The highest BCUT2D eigenvalue weighted by atomic mass is 16.5. The third-order valence-electron chi connectivity index (χ3n) is 3.73. The van der Waals surface area contributed by atoms with Crippen LogP contribution in [-0.2, 0) is 0 Å². The summed E-state index contributed by atoms with van der Waals surface area (Å²) in [6, 6.07) is 0. The first-order valence-corrected chi connectivity index (χ1v) is 8.14. The van der Waals surface area contributed by atoms with Crippen molar-refractivity contribution in [3.05, 3.63) is 0 Å². The van der Waals surface area contributed by atoms with Gasteiger partial charge in [-0.25, -0.2) is 0 Å². The van der Waals surface area contributed by atoms with Crippen molar-refractivity contribution in [2.24, 2.45) is 5.92 Å². The van der Waals surface area contributed by atoms with Gasteiger partial charge in [0.1, 0.15) is 0 Å². The fourth-order valence-electron chi connectivity index (χ4n) is 2.66. The van der Waals surface area contributed by atoms with Crippen molar-refractivity contribution in [1.82, 2.24) is 4.90 Å². The molecule has 1 atom stereocenters. The molecule has 0 heterocycles. The molecule has 0 rings (SSSR count). The molecule has 0 bridgehead atoms. The Morgan fingerprint density at radius 1 is 0.789 bits per heavy atom. The van der Waals surface area contributed by atoms with Gasteiger partial charge in [-0.1, -0.05) is 58.8 Å². The first-order valence-electron chi connectivity index (χ1n) is 8.14. The predicted octanol–water partition coefficient (Wildman–Crippen LogP) is 3.40. The highest BCUT2D eigenvalue weighted by molar-refractivity contribution is 4.65. The molecular weight excluding hydrogens is 238 g/mol. The van der Waals surface area contributed by atoms with Gasteiger partial charge in [0.2, 0.25) is 0 Å². The minimum atomic E-state index is -1.21. The van der Waals surface area contributed by atoms with Gasteiger partial charge >= 0.3 is 0 Å². The molecule has 3 nitrogen and oxygen atoms in total. The van der Waals surface area contributed by atoms with E-state index >= 15 is 0 Å². The summed E-state index contributed by atoms with van der Waals surface area (Å²) >= 11 is 0. The zero-order valence-electron chi connectivity index (χ0n) is 13.3. The van der Waals surface area contributed by atoms with Crippen molar-refractivity contribution in [2.45, 2.75) is 77.9 Å². The van der Waals surface area contributed by atoms with Crippen LogP contribution in [-0.4, -0.2) is 41.5 Å². The van der Waals surface area contributed by atoms with Gasteiger partial charge in [0.05, 0.1) is 0 Å². The molecule has 2 N–H and O–H groups in total. The van der Waals surface area contributed by atoms with Gasteiger partial charge in [-0.2, -0.15) is 0 Å². The average molecular weight is 273 g/mol. The fraction of sp³-hybridized carbons (Fsp3) is 1.00. The van der Waals surface area contributed by atoms with Crippen LogP contribution < -0.4 is 0 Å². The molecule has 1 unspecified atom stereocenters. The number of hydrogen-bond acceptors (Lipinski definition) is 3. The highest BCUT2D eigenvalue weighted by Crippen LogP contribution is 2.19. The van der Waals surface area contributed by atoms with Crippen LogP contribution in [0, 0.1) is 5.92 Å². The predicted molar refractivity (Wildman–Crippen MR) is 82.1 cm³/mol. The van der Waals surface area contributed by atoms with Crippen LogP contribution in [0.2, 0.25) is 0 Å². The highest BCUT2D eigenvalue weighted by Gasteiger charge is 2.13. The largest absolute Gasteiger partial charge is 0.367 e. The lowest BCUT2D eigenvalue weighted by Gasteiger charge is -2.24. The molecule has 19 heavy (non-hydrogen) atoms. The van der Waals surface area contributed by atoms with E-state index in [2.05, 4.69) is 18.7 Å². The van der Waals surface area contributed by atoms with Gasteiger partial charge in [0.15, 0.2) is 6.29 Å². The van der Waals surface area contributed by atoms with Crippen LogP contribution in [0.1, 0.15) is 71.6 Å². The van der Waals surface area contributed by atoms with E-state index in [0.717, 1.165) is 6.54 Å². The monoisotopic (exact) mass is 273 g/mol. The van der Waals surface area contributed by atoms with Gasteiger partial charge < -0.3 is 15.1 Å². The molecule has 0 fully saturated rings. The molecule has 0 aromatic rings. The van der Waals surface area contributed by atoms with E-state index in [1.807, 2.05) is 7.05 Å². The van der Waals surface area contributed by atoms with E-state index < -0.39 is 6.29 Å². The Labute approximate surface area is 120 Å². The van der Waals surface area contributed by atoms with Crippen LogP contribution in [0.4, 0.5) is 0 Å². The van der Waals surface area contributed by atoms with Crippen molar-refractivity contribution in [3.8, 4) is 0 Å². The standard InChI is InChI=1S/C16H35NO2/c1-4-6-8-10-12-15(11-9-7-5-2)13-17(3)14-16(18)19/h15-16,18-19H,4-14H2,1-3H3. The van der Waals surface area contributed by atoms with Crippen molar-refractivity contribution in [2.75, 3.05) is 20.1 Å². The second-order valence-electron chi connectivity index (χ2n) is 5.91. The Morgan fingerprint density at radius 2 is 1.32 bits per heavy atom. The van der Waals surface area contributed by atoms with Gasteiger partial charge in [-0.3, -0.25) is 0 Å². The summed E-state index contributed by atoms with van der Waals surface area (Å²) in [5.74, 6) is 0.715. The maximum Gasteiger partial charge on any atom is 0.164 e. The van der Waals surface area contributed by atoms with Crippen molar-refractivity contribution >= 4 is 0 Å². The summed E-state index contributed by atoms with van der Waals surface area (Å²) in [6.45, 7) is 5.84. The molecule has 0 spiro atoms. The first-order chi connectivity index (χ1) is 9.10. The summed E-state index contributed by atoms with van der Waals surface area (Å²) in [5.41, 5.74) is 0. The van der Waals surface area contributed by atoms with E-state index in [1.165, 1.54) is 57.8 Å². The number of aliphatic hydroxyl groups is 2. The number of rotatable bonds is 13. The lowest BCUT2D eigenvalue weighted by molar-refractivity contribution is -0.0592. The second-order valence-corrected chi connectivity index (χ2v) is 5.91. The molecular formula is C16H35NO2. The summed E-state index contributed by atoms with van der Waals surface area (Å²) < 4.78 is 0. The lowest BCUT2D eigenvalue weighted by atomic mass is 9.94. The topological polar surface area (TPSA) is 43.7 Å². The SMILES string of the molecule is CCCCCCC(CCCCC)CN(C)CC(O)O. The second kappa shape index (κ2) is 12.9. The molecule has 0 aromatic carbocycles. The Kier molecular flexibility index (Phi) is 12.8. The first kappa shape index (κ1) is 18.9. The molecule has 0 aromatic heterocycles. The summed E-state index contributed by atoms with van der Waals surface area (Å²) in [6.07, 6.45) is 10.6. The van der Waals surface area contributed by atoms with Crippen LogP contribution in [0.15, 0.2) is 0 Å². The van der Waals surface area contributed by atoms with Gasteiger partial charge in [-0.15, -0.1) is 0 Å². The quantitative estimate of drug-likeness (QED) is 0.399. The fourth-order valence-corrected chi connectivity index (χ4v) is 2.66. The average Bonchev–Trinajstić information content (AvgIpc) is 2.33. The van der Waals surface area contributed by atoms with Crippen LogP contribution in [0.25, 0.3) is 0 Å². The molecule has 0 aliphatic carbocycles. The molecule has 0 aliphatic heterocycles. The molecule has 0 aliphatic rings. The molecule has 0 saturated carbocycles. The normalized spacial score (nSPS) is 13.4. The zero-order chi connectivity index (χ0) is 14.5. The number of unbranched alkanes of at least 4 members (excludes halogenated alkanes) is 5. The smallest absolute Gasteiger partial charge is 0.164 e. The van der Waals surface area contributed by atoms with Crippen molar-refractivity contribution in [1.29, 1.82) is 0 Å². The molecule has 0 saturated heterocycles. The van der Waals surface area contributed by atoms with E-state index in [9.17, 15) is 0 Å². The van der Waals surface area contributed by atoms with Crippen LogP contribution in [0.3, 0.4) is 0 Å². The third-order valence-corrected chi connectivity index (χ3v) is 3.73. The Hall–Kier alpha value is -0.120. The third kappa shape index (κ3) is 12.6. The lowest BCUT2D eigenvalue weighted by Crippen LogP contribution is -2.33. The zero-order valence-corrected chi connectivity index (χ0v) is 13.3. The maximum atomic E-state index is 9.01. The number of likely N-dealkylation sites (N-methyl/N-ethyl adjacent to an activating group) is 1. The van der Waals surface area contributed by atoms with Gasteiger partial charge in [-0.05, 0) is 25.8 Å². The number of nitrogens with zero attached hydrogens (tertiary/aromatic N) is 1. The Balaban J connectivity index is 3.94. The van der Waals surface area contributed by atoms with Crippen LogP contribution >= 0.6 is 0 Å². The van der Waals surface area contributed by atoms with E-state index in [1.54, 1.807) is 0 Å².